The first-order valence-corrected chi connectivity index (χ1v) is 7.46. The molecule has 0 saturated carbocycles. The van der Waals surface area contributed by atoms with E-state index in [1.807, 2.05) is 23.6 Å². The number of methoxy groups -OCH3 is 2. The molecule has 0 unspecified atom stereocenters. The number of aryl methyl sites for hydroxylation is 1. The molecule has 2 rings (SSSR count). The van der Waals surface area contributed by atoms with E-state index in [0.717, 1.165) is 21.6 Å². The molecule has 0 amide bonds. The number of aromatic nitrogens is 2. The minimum atomic E-state index is 0.255. The highest BCUT2D eigenvalue weighted by Gasteiger charge is 2.19. The Kier molecular flexibility index (Phi) is 4.46. The van der Waals surface area contributed by atoms with Crippen LogP contribution in [0.25, 0.3) is 11.3 Å². The van der Waals surface area contributed by atoms with Crippen LogP contribution in [0.4, 0.5) is 5.82 Å². The van der Waals surface area contributed by atoms with Crippen molar-refractivity contribution < 1.29 is 9.47 Å². The van der Waals surface area contributed by atoms with Gasteiger partial charge in [-0.15, -0.1) is 0 Å². The molecule has 2 aromatic rings. The van der Waals surface area contributed by atoms with Crippen LogP contribution in [-0.2, 0) is 0 Å². The lowest BCUT2D eigenvalue weighted by Gasteiger charge is -2.13. The fourth-order valence-electron chi connectivity index (χ4n) is 2.45. The Labute approximate surface area is 133 Å². The van der Waals surface area contributed by atoms with Crippen LogP contribution in [0.2, 0.25) is 0 Å². The van der Waals surface area contributed by atoms with Crippen LogP contribution in [-0.4, -0.2) is 23.8 Å². The molecule has 0 spiro atoms. The van der Waals surface area contributed by atoms with E-state index in [2.05, 4.69) is 34.8 Å². The van der Waals surface area contributed by atoms with Crippen molar-refractivity contribution >= 4 is 21.7 Å². The van der Waals surface area contributed by atoms with E-state index in [1.165, 1.54) is 0 Å². The van der Waals surface area contributed by atoms with Gasteiger partial charge in [0.15, 0.2) is 11.5 Å². The van der Waals surface area contributed by atoms with Gasteiger partial charge < -0.3 is 19.8 Å². The first-order valence-electron chi connectivity index (χ1n) is 6.66. The maximum Gasteiger partial charge on any atom is 0.161 e. The zero-order chi connectivity index (χ0) is 15.7. The summed E-state index contributed by atoms with van der Waals surface area (Å²) in [5.74, 6) is 2.84. The summed E-state index contributed by atoms with van der Waals surface area (Å²) < 4.78 is 13.5. The Bertz CT molecular complexity index is 665. The second-order valence-electron chi connectivity index (χ2n) is 5.04. The van der Waals surface area contributed by atoms with Crippen molar-refractivity contribution in [1.82, 2.24) is 9.55 Å². The molecule has 0 atom stereocenters. The topological polar surface area (TPSA) is 62.3 Å². The maximum atomic E-state index is 6.28. The van der Waals surface area contributed by atoms with Crippen molar-refractivity contribution in [1.29, 1.82) is 0 Å². The van der Waals surface area contributed by atoms with Crippen LogP contribution in [0, 0.1) is 6.92 Å². The summed E-state index contributed by atoms with van der Waals surface area (Å²) in [4.78, 5) is 4.60. The van der Waals surface area contributed by atoms with Crippen molar-refractivity contribution in [2.45, 2.75) is 26.8 Å². The number of ether oxygens (including phenoxy) is 2. The molecule has 0 saturated heterocycles. The largest absolute Gasteiger partial charge is 0.493 e. The molecule has 0 radical (unpaired) electrons. The molecule has 1 aromatic carbocycles. The molecule has 0 fully saturated rings. The number of halogens is 1. The molecule has 0 aliphatic rings. The summed E-state index contributed by atoms with van der Waals surface area (Å²) in [5, 5.41) is 0. The normalized spacial score (nSPS) is 11.0. The lowest BCUT2D eigenvalue weighted by Crippen LogP contribution is -2.07. The summed E-state index contributed by atoms with van der Waals surface area (Å²) in [6, 6.07) is 3.99. The van der Waals surface area contributed by atoms with Crippen molar-refractivity contribution in [3.05, 3.63) is 22.4 Å². The Hall–Kier alpha value is -1.69. The van der Waals surface area contributed by atoms with E-state index in [4.69, 9.17) is 15.2 Å². The SMILES string of the molecule is COc1cc(Br)c(-c2nc(C)n(C(C)C)c2N)cc1OC. The fraction of sp³-hybridized carbons (Fsp3) is 0.400. The van der Waals surface area contributed by atoms with Gasteiger partial charge in [0.2, 0.25) is 0 Å². The van der Waals surface area contributed by atoms with Crippen molar-refractivity contribution in [2.24, 2.45) is 0 Å². The molecule has 0 aliphatic heterocycles. The molecular formula is C15H20BrN3O2. The van der Waals surface area contributed by atoms with Gasteiger partial charge in [-0.2, -0.15) is 0 Å². The van der Waals surface area contributed by atoms with Crippen LogP contribution in [0.15, 0.2) is 16.6 Å². The first-order chi connectivity index (χ1) is 9.90. The van der Waals surface area contributed by atoms with E-state index in [9.17, 15) is 0 Å². The van der Waals surface area contributed by atoms with Gasteiger partial charge in [-0.05, 0) is 48.8 Å². The smallest absolute Gasteiger partial charge is 0.161 e. The number of benzene rings is 1. The van der Waals surface area contributed by atoms with Crippen LogP contribution in [0.1, 0.15) is 25.7 Å². The van der Waals surface area contributed by atoms with Crippen LogP contribution in [0.3, 0.4) is 0 Å². The predicted octanol–water partition coefficient (Wildman–Crippen LogP) is 3.80. The lowest BCUT2D eigenvalue weighted by molar-refractivity contribution is 0.355. The zero-order valence-corrected chi connectivity index (χ0v) is 14.5. The Morgan fingerprint density at radius 2 is 1.76 bits per heavy atom. The quantitative estimate of drug-likeness (QED) is 0.907. The van der Waals surface area contributed by atoms with Crippen LogP contribution >= 0.6 is 15.9 Å². The molecule has 21 heavy (non-hydrogen) atoms. The number of anilines is 1. The average molecular weight is 354 g/mol. The molecule has 2 N–H and O–H groups in total. The average Bonchev–Trinajstić information content (AvgIpc) is 2.73. The molecule has 1 aromatic heterocycles. The summed E-state index contributed by atoms with van der Waals surface area (Å²) in [7, 11) is 3.22. The highest BCUT2D eigenvalue weighted by molar-refractivity contribution is 9.10. The molecular weight excluding hydrogens is 334 g/mol. The first kappa shape index (κ1) is 15.7. The monoisotopic (exact) mass is 353 g/mol. The van der Waals surface area contributed by atoms with E-state index in [1.54, 1.807) is 14.2 Å². The number of nitrogen functional groups attached to an aromatic ring is 1. The summed E-state index contributed by atoms with van der Waals surface area (Å²) in [6.07, 6.45) is 0. The maximum absolute atomic E-state index is 6.28. The molecule has 0 aliphatic carbocycles. The minimum absolute atomic E-state index is 0.255. The van der Waals surface area contributed by atoms with Gasteiger partial charge in [-0.25, -0.2) is 4.98 Å². The second kappa shape index (κ2) is 5.97. The molecule has 0 bridgehead atoms. The van der Waals surface area contributed by atoms with Gasteiger partial charge in [-0.3, -0.25) is 0 Å². The minimum Gasteiger partial charge on any atom is -0.493 e. The third-order valence-corrected chi connectivity index (χ3v) is 4.03. The Morgan fingerprint density at radius 1 is 1.19 bits per heavy atom. The molecule has 114 valence electrons. The van der Waals surface area contributed by atoms with Gasteiger partial charge in [0.25, 0.3) is 0 Å². The number of hydrogen-bond donors (Lipinski definition) is 1. The summed E-state index contributed by atoms with van der Waals surface area (Å²) in [5.41, 5.74) is 7.90. The van der Waals surface area contributed by atoms with E-state index >= 15 is 0 Å². The van der Waals surface area contributed by atoms with Gasteiger partial charge in [0, 0.05) is 16.1 Å². The number of nitrogens with zero attached hydrogens (tertiary/aromatic N) is 2. The third kappa shape index (κ3) is 2.72. The van der Waals surface area contributed by atoms with Crippen LogP contribution < -0.4 is 15.2 Å². The van der Waals surface area contributed by atoms with Crippen LogP contribution in [0.5, 0.6) is 11.5 Å². The second-order valence-corrected chi connectivity index (χ2v) is 5.90. The predicted molar refractivity (Wildman–Crippen MR) is 88.0 cm³/mol. The number of imidazole rings is 1. The third-order valence-electron chi connectivity index (χ3n) is 3.37. The summed E-state index contributed by atoms with van der Waals surface area (Å²) >= 11 is 3.55. The number of hydrogen-bond acceptors (Lipinski definition) is 4. The lowest BCUT2D eigenvalue weighted by atomic mass is 10.1. The summed E-state index contributed by atoms with van der Waals surface area (Å²) in [6.45, 7) is 6.12. The van der Waals surface area contributed by atoms with Gasteiger partial charge in [0.1, 0.15) is 17.3 Å². The van der Waals surface area contributed by atoms with Gasteiger partial charge in [0.05, 0.1) is 14.2 Å². The highest BCUT2D eigenvalue weighted by Crippen LogP contribution is 2.40. The highest BCUT2D eigenvalue weighted by atomic mass is 79.9. The van der Waals surface area contributed by atoms with E-state index in [-0.39, 0.29) is 6.04 Å². The Morgan fingerprint density at radius 3 is 2.24 bits per heavy atom. The standard InChI is InChI=1S/C15H20BrN3O2/c1-8(2)19-9(3)18-14(15(19)17)10-6-12(20-4)13(21-5)7-11(10)16/h6-8H,17H2,1-5H3. The van der Waals surface area contributed by atoms with Gasteiger partial charge in [-0.1, -0.05) is 0 Å². The van der Waals surface area contributed by atoms with E-state index < -0.39 is 0 Å². The Balaban J connectivity index is 2.65. The molecule has 6 heteroatoms. The molecule has 1 heterocycles. The van der Waals surface area contributed by atoms with Crippen molar-refractivity contribution in [2.75, 3.05) is 20.0 Å². The fourth-order valence-corrected chi connectivity index (χ4v) is 2.96. The number of rotatable bonds is 4. The van der Waals surface area contributed by atoms with Crippen molar-refractivity contribution in [3.8, 4) is 22.8 Å². The molecule has 5 nitrogen and oxygen atoms in total. The number of nitrogens with two attached hydrogens (primary N) is 1. The van der Waals surface area contributed by atoms with E-state index in [0.29, 0.717) is 17.3 Å². The van der Waals surface area contributed by atoms with Crippen molar-refractivity contribution in [3.63, 3.8) is 0 Å². The zero-order valence-electron chi connectivity index (χ0n) is 12.9. The van der Waals surface area contributed by atoms with Gasteiger partial charge >= 0.3 is 0 Å².